The van der Waals surface area contributed by atoms with Gasteiger partial charge in [-0.05, 0) is 12.1 Å². The van der Waals surface area contributed by atoms with Gasteiger partial charge in [0.2, 0.25) is 0 Å². The minimum atomic E-state index is 0.666. The summed E-state index contributed by atoms with van der Waals surface area (Å²) in [6.45, 7) is 0. The molecule has 0 unspecified atom stereocenters. The Morgan fingerprint density at radius 1 is 1.44 bits per heavy atom. The van der Waals surface area contributed by atoms with E-state index >= 15 is 0 Å². The van der Waals surface area contributed by atoms with Crippen molar-refractivity contribution in [3.8, 4) is 5.75 Å². The second kappa shape index (κ2) is 4.49. The van der Waals surface area contributed by atoms with Crippen molar-refractivity contribution in [2.75, 3.05) is 12.8 Å². The Morgan fingerprint density at radius 2 is 2.25 bits per heavy atom. The zero-order valence-electron chi connectivity index (χ0n) is 9.18. The molecule has 16 heavy (non-hydrogen) atoms. The molecule has 0 saturated carbocycles. The highest BCUT2D eigenvalue weighted by Gasteiger charge is 2.07. The van der Waals surface area contributed by atoms with Crippen LogP contribution in [0.1, 0.15) is 0 Å². The average Bonchev–Trinajstić information content (AvgIpc) is 2.67. The van der Waals surface area contributed by atoms with Gasteiger partial charge in [-0.2, -0.15) is 5.10 Å². The lowest BCUT2D eigenvalue weighted by Gasteiger charge is -2.08. The lowest BCUT2D eigenvalue weighted by atomic mass is 10.3. The first kappa shape index (κ1) is 10.9. The average molecular weight is 235 g/mol. The molecule has 1 aromatic carbocycles. The molecule has 4 nitrogen and oxygen atoms in total. The molecule has 0 saturated heterocycles. The van der Waals surface area contributed by atoms with Crippen molar-refractivity contribution in [2.45, 2.75) is 9.79 Å². The molecule has 0 fully saturated rings. The Kier molecular flexibility index (Phi) is 3.05. The van der Waals surface area contributed by atoms with Crippen LogP contribution in [0.15, 0.2) is 40.4 Å². The number of nitrogens with zero attached hydrogens (tertiary/aromatic N) is 2. The molecule has 0 radical (unpaired) electrons. The van der Waals surface area contributed by atoms with Crippen LogP contribution in [0, 0.1) is 0 Å². The second-order valence-corrected chi connectivity index (χ2v) is 4.44. The summed E-state index contributed by atoms with van der Waals surface area (Å²) in [7, 11) is 3.50. The molecule has 0 amide bonds. The molecule has 2 rings (SSSR count). The highest BCUT2D eigenvalue weighted by atomic mass is 32.2. The zero-order valence-corrected chi connectivity index (χ0v) is 9.99. The van der Waals surface area contributed by atoms with E-state index in [0.29, 0.717) is 11.4 Å². The molecule has 0 spiro atoms. The number of para-hydroxylation sites is 1. The standard InChI is InChI=1S/C11H13N3OS/c1-14-7-8(6-13-14)16-10-5-3-4-9(15-2)11(10)12/h3-7H,12H2,1-2H3. The van der Waals surface area contributed by atoms with Gasteiger partial charge in [0.15, 0.2) is 0 Å². The fourth-order valence-corrected chi connectivity index (χ4v) is 2.29. The largest absolute Gasteiger partial charge is 0.495 e. The molecule has 0 atom stereocenters. The monoisotopic (exact) mass is 235 g/mol. The quantitative estimate of drug-likeness (QED) is 0.828. The maximum Gasteiger partial charge on any atom is 0.142 e. The Morgan fingerprint density at radius 3 is 2.88 bits per heavy atom. The van der Waals surface area contributed by atoms with Gasteiger partial charge < -0.3 is 10.5 Å². The third-order valence-electron chi connectivity index (χ3n) is 2.16. The zero-order chi connectivity index (χ0) is 11.5. The number of anilines is 1. The molecule has 84 valence electrons. The van der Waals surface area contributed by atoms with Crippen LogP contribution in [0.3, 0.4) is 0 Å². The minimum absolute atomic E-state index is 0.666. The highest BCUT2D eigenvalue weighted by molar-refractivity contribution is 7.99. The van der Waals surface area contributed by atoms with Gasteiger partial charge in [-0.25, -0.2) is 0 Å². The van der Waals surface area contributed by atoms with E-state index in [1.807, 2.05) is 37.6 Å². The number of nitrogens with two attached hydrogens (primary N) is 1. The molecular formula is C11H13N3OS. The number of methoxy groups -OCH3 is 1. The Balaban J connectivity index is 2.28. The van der Waals surface area contributed by atoms with E-state index in [2.05, 4.69) is 5.10 Å². The summed E-state index contributed by atoms with van der Waals surface area (Å²) in [6, 6.07) is 5.74. The van der Waals surface area contributed by atoms with Crippen LogP contribution in [0.5, 0.6) is 5.75 Å². The number of aryl methyl sites for hydroxylation is 1. The fourth-order valence-electron chi connectivity index (χ4n) is 1.37. The maximum absolute atomic E-state index is 5.98. The first-order chi connectivity index (χ1) is 7.70. The molecule has 1 aromatic heterocycles. The smallest absolute Gasteiger partial charge is 0.142 e. The van der Waals surface area contributed by atoms with Crippen LogP contribution in [-0.2, 0) is 7.05 Å². The molecule has 0 aliphatic heterocycles. The van der Waals surface area contributed by atoms with Crippen molar-refractivity contribution in [2.24, 2.45) is 7.05 Å². The van der Waals surface area contributed by atoms with Gasteiger partial charge in [0.05, 0.1) is 23.9 Å². The highest BCUT2D eigenvalue weighted by Crippen LogP contribution is 2.36. The molecule has 1 heterocycles. The second-order valence-electron chi connectivity index (χ2n) is 3.32. The summed E-state index contributed by atoms with van der Waals surface area (Å²) >= 11 is 1.58. The van der Waals surface area contributed by atoms with E-state index in [1.54, 1.807) is 23.6 Å². The molecule has 2 N–H and O–H groups in total. The molecule has 2 aromatic rings. The summed E-state index contributed by atoms with van der Waals surface area (Å²) in [4.78, 5) is 2.04. The number of hydrogen-bond acceptors (Lipinski definition) is 4. The van der Waals surface area contributed by atoms with E-state index in [1.165, 1.54) is 0 Å². The lowest BCUT2D eigenvalue weighted by molar-refractivity contribution is 0.416. The minimum Gasteiger partial charge on any atom is -0.495 e. The van der Waals surface area contributed by atoms with Gasteiger partial charge in [0, 0.05) is 18.1 Å². The van der Waals surface area contributed by atoms with Gasteiger partial charge >= 0.3 is 0 Å². The molecule has 0 aliphatic rings. The first-order valence-electron chi connectivity index (χ1n) is 4.79. The summed E-state index contributed by atoms with van der Waals surface area (Å²) < 4.78 is 6.93. The van der Waals surface area contributed by atoms with E-state index in [-0.39, 0.29) is 0 Å². The summed E-state index contributed by atoms with van der Waals surface area (Å²) in [6.07, 6.45) is 3.76. The van der Waals surface area contributed by atoms with Crippen molar-refractivity contribution >= 4 is 17.4 Å². The topological polar surface area (TPSA) is 53.1 Å². The normalized spacial score (nSPS) is 10.4. The van der Waals surface area contributed by atoms with Crippen LogP contribution in [0.4, 0.5) is 5.69 Å². The maximum atomic E-state index is 5.98. The van der Waals surface area contributed by atoms with Crippen molar-refractivity contribution in [1.82, 2.24) is 9.78 Å². The molecular weight excluding hydrogens is 222 g/mol. The number of benzene rings is 1. The van der Waals surface area contributed by atoms with Crippen molar-refractivity contribution in [3.05, 3.63) is 30.6 Å². The SMILES string of the molecule is COc1cccc(Sc2cnn(C)c2)c1N. The van der Waals surface area contributed by atoms with E-state index < -0.39 is 0 Å². The van der Waals surface area contributed by atoms with Gasteiger partial charge in [0.1, 0.15) is 5.75 Å². The number of ether oxygens (including phenoxy) is 1. The van der Waals surface area contributed by atoms with Crippen LogP contribution >= 0.6 is 11.8 Å². The van der Waals surface area contributed by atoms with E-state index in [0.717, 1.165) is 9.79 Å². The van der Waals surface area contributed by atoms with Crippen LogP contribution in [0.25, 0.3) is 0 Å². The van der Waals surface area contributed by atoms with Crippen LogP contribution in [-0.4, -0.2) is 16.9 Å². The number of hydrogen-bond donors (Lipinski definition) is 1. The predicted molar refractivity (Wildman–Crippen MR) is 64.7 cm³/mol. The number of aromatic nitrogens is 2. The Labute approximate surface area is 98.4 Å². The van der Waals surface area contributed by atoms with E-state index in [9.17, 15) is 0 Å². The van der Waals surface area contributed by atoms with Crippen molar-refractivity contribution in [1.29, 1.82) is 0 Å². The van der Waals surface area contributed by atoms with Crippen LogP contribution < -0.4 is 10.5 Å². The summed E-state index contributed by atoms with van der Waals surface area (Å²) in [5.74, 6) is 0.703. The third-order valence-corrected chi connectivity index (χ3v) is 3.18. The summed E-state index contributed by atoms with van der Waals surface area (Å²) in [5, 5.41) is 4.11. The lowest BCUT2D eigenvalue weighted by Crippen LogP contribution is -1.93. The predicted octanol–water partition coefficient (Wildman–Crippen LogP) is 2.16. The van der Waals surface area contributed by atoms with Gasteiger partial charge in [0.25, 0.3) is 0 Å². The molecule has 5 heteroatoms. The number of rotatable bonds is 3. The fraction of sp³-hybridized carbons (Fsp3) is 0.182. The molecule has 0 aliphatic carbocycles. The van der Waals surface area contributed by atoms with Crippen LogP contribution in [0.2, 0.25) is 0 Å². The van der Waals surface area contributed by atoms with Crippen molar-refractivity contribution < 1.29 is 4.74 Å². The Hall–Kier alpha value is -1.62. The van der Waals surface area contributed by atoms with E-state index in [4.69, 9.17) is 10.5 Å². The van der Waals surface area contributed by atoms with Gasteiger partial charge in [-0.3, -0.25) is 4.68 Å². The summed E-state index contributed by atoms with van der Waals surface area (Å²) in [5.41, 5.74) is 6.64. The molecule has 0 bridgehead atoms. The number of nitrogen functional groups attached to an aromatic ring is 1. The van der Waals surface area contributed by atoms with Gasteiger partial charge in [-0.1, -0.05) is 17.8 Å². The third kappa shape index (κ3) is 2.14. The first-order valence-corrected chi connectivity index (χ1v) is 5.61. The Bertz CT molecular complexity index is 496. The van der Waals surface area contributed by atoms with Crippen molar-refractivity contribution in [3.63, 3.8) is 0 Å². The van der Waals surface area contributed by atoms with Gasteiger partial charge in [-0.15, -0.1) is 0 Å².